The van der Waals surface area contributed by atoms with E-state index in [2.05, 4.69) is 12.2 Å². The van der Waals surface area contributed by atoms with Gasteiger partial charge in [-0.05, 0) is 31.1 Å². The lowest BCUT2D eigenvalue weighted by Gasteiger charge is -2.45. The van der Waals surface area contributed by atoms with E-state index in [4.69, 9.17) is 4.74 Å². The van der Waals surface area contributed by atoms with Gasteiger partial charge in [-0.1, -0.05) is 136 Å². The predicted octanol–water partition coefficient (Wildman–Crippen LogP) is 8.85. The van der Waals surface area contributed by atoms with E-state index in [0.717, 1.165) is 44.9 Å². The van der Waals surface area contributed by atoms with Crippen molar-refractivity contribution >= 4 is 17.8 Å². The van der Waals surface area contributed by atoms with Crippen LogP contribution in [0.25, 0.3) is 0 Å². The van der Waals surface area contributed by atoms with Gasteiger partial charge < -0.3 is 15.2 Å². The lowest BCUT2D eigenvalue weighted by Crippen LogP contribution is -2.51. The largest absolute Gasteiger partial charge is 0.481 e. The Kier molecular flexibility index (Phi) is 20.1. The summed E-state index contributed by atoms with van der Waals surface area (Å²) in [4.78, 5) is 38.9. The molecular weight excluding hydrogens is 502 g/mol. The number of hydrogen-bond donors (Lipinski definition) is 2. The molecule has 1 saturated carbocycles. The van der Waals surface area contributed by atoms with Crippen molar-refractivity contribution in [2.45, 2.75) is 162 Å². The second-order valence-electron chi connectivity index (χ2n) is 12.5. The lowest BCUT2D eigenvalue weighted by atomic mass is 9.58. The van der Waals surface area contributed by atoms with E-state index in [-0.39, 0.29) is 11.9 Å². The maximum atomic E-state index is 13.2. The van der Waals surface area contributed by atoms with Crippen molar-refractivity contribution < 1.29 is 24.2 Å². The summed E-state index contributed by atoms with van der Waals surface area (Å²) in [6, 6.07) is 0. The Balaban J connectivity index is 2.50. The monoisotopic (exact) mass is 565 g/mol. The van der Waals surface area contributed by atoms with E-state index in [9.17, 15) is 19.5 Å². The van der Waals surface area contributed by atoms with Gasteiger partial charge in [0, 0.05) is 12.5 Å². The Bertz CT molecular complexity index is 696. The van der Waals surface area contributed by atoms with Gasteiger partial charge in [-0.3, -0.25) is 14.4 Å². The summed E-state index contributed by atoms with van der Waals surface area (Å²) in [5.41, 5.74) is -0.783. The predicted molar refractivity (Wildman–Crippen MR) is 164 cm³/mol. The molecule has 0 aliphatic heterocycles. The van der Waals surface area contributed by atoms with Gasteiger partial charge in [0.1, 0.15) is 0 Å². The van der Waals surface area contributed by atoms with Crippen LogP contribution in [0.4, 0.5) is 0 Å². The van der Waals surface area contributed by atoms with Crippen LogP contribution in [0.15, 0.2) is 0 Å². The van der Waals surface area contributed by atoms with E-state index in [1.165, 1.54) is 84.2 Å². The molecule has 1 amide bonds. The lowest BCUT2D eigenvalue weighted by molar-refractivity contribution is -0.165. The molecule has 0 bridgehead atoms. The minimum atomic E-state index is -0.978. The number of methoxy groups -OCH3 is 1. The number of rotatable bonds is 21. The standard InChI is InChI=1S/C34H63NO5/c1-5-7-8-9-10-11-12-13-14-15-16-17-21-24-27-35-31(36)28(3)30(32(37)38)34(6-2)26-23-20-18-19-22-25-29(34)33(39)40-4/h28-30H,5-27H2,1-4H3,(H,35,36)(H,37,38). The van der Waals surface area contributed by atoms with Crippen LogP contribution in [-0.2, 0) is 19.1 Å². The van der Waals surface area contributed by atoms with Crippen molar-refractivity contribution in [2.75, 3.05) is 13.7 Å². The fourth-order valence-electron chi connectivity index (χ4n) is 7.11. The number of carboxylic acids is 1. The molecule has 0 spiro atoms. The molecule has 4 atom stereocenters. The quantitative estimate of drug-likeness (QED) is 0.107. The number of ether oxygens (including phenoxy) is 1. The highest BCUT2D eigenvalue weighted by atomic mass is 16.5. The third-order valence-corrected chi connectivity index (χ3v) is 9.60. The molecule has 4 unspecified atom stereocenters. The van der Waals surface area contributed by atoms with Crippen molar-refractivity contribution in [1.82, 2.24) is 5.32 Å². The Labute approximate surface area is 246 Å². The fourth-order valence-corrected chi connectivity index (χ4v) is 7.11. The summed E-state index contributed by atoms with van der Waals surface area (Å²) in [6.45, 7) is 6.55. The van der Waals surface area contributed by atoms with Crippen LogP contribution in [0.5, 0.6) is 0 Å². The molecule has 234 valence electrons. The number of esters is 1. The highest BCUT2D eigenvalue weighted by Gasteiger charge is 2.53. The third kappa shape index (κ3) is 12.9. The van der Waals surface area contributed by atoms with Crippen LogP contribution in [0, 0.1) is 23.2 Å². The number of carbonyl (C=O) groups excluding carboxylic acids is 2. The first-order valence-electron chi connectivity index (χ1n) is 16.9. The number of aliphatic carboxylic acids is 1. The molecule has 40 heavy (non-hydrogen) atoms. The number of carbonyl (C=O) groups is 3. The van der Waals surface area contributed by atoms with Crippen LogP contribution < -0.4 is 5.32 Å². The SMILES string of the molecule is CCCCCCCCCCCCCCCCNC(=O)C(C)C(C(=O)O)C1(CC)CCCCCCCC1C(=O)OC. The van der Waals surface area contributed by atoms with Crippen LogP contribution >= 0.6 is 0 Å². The minimum absolute atomic E-state index is 0.210. The van der Waals surface area contributed by atoms with Crippen LogP contribution in [-0.4, -0.2) is 36.6 Å². The Morgan fingerprint density at radius 1 is 0.800 bits per heavy atom. The highest BCUT2D eigenvalue weighted by molar-refractivity contribution is 5.86. The van der Waals surface area contributed by atoms with Crippen molar-refractivity contribution in [3.63, 3.8) is 0 Å². The first-order chi connectivity index (χ1) is 19.4. The molecular formula is C34H63NO5. The van der Waals surface area contributed by atoms with Crippen LogP contribution in [0.1, 0.15) is 162 Å². The van der Waals surface area contributed by atoms with E-state index in [1.807, 2.05) is 6.92 Å². The maximum Gasteiger partial charge on any atom is 0.309 e. The van der Waals surface area contributed by atoms with E-state index in [0.29, 0.717) is 25.8 Å². The molecule has 0 aromatic heterocycles. The number of nitrogens with one attached hydrogen (secondary N) is 1. The van der Waals surface area contributed by atoms with Gasteiger partial charge in [-0.25, -0.2) is 0 Å². The Morgan fingerprint density at radius 2 is 1.30 bits per heavy atom. The molecule has 0 heterocycles. The third-order valence-electron chi connectivity index (χ3n) is 9.60. The second kappa shape index (κ2) is 22.1. The molecule has 0 saturated heterocycles. The van der Waals surface area contributed by atoms with Gasteiger partial charge in [0.2, 0.25) is 5.91 Å². The van der Waals surface area contributed by atoms with Crippen molar-refractivity contribution in [3.05, 3.63) is 0 Å². The summed E-state index contributed by atoms with van der Waals surface area (Å²) >= 11 is 0. The number of unbranched alkanes of at least 4 members (excludes halogenated alkanes) is 13. The molecule has 1 rings (SSSR count). The summed E-state index contributed by atoms with van der Waals surface area (Å²) in [7, 11) is 1.39. The zero-order valence-corrected chi connectivity index (χ0v) is 26.6. The average Bonchev–Trinajstić information content (AvgIpc) is 3.05. The Hall–Kier alpha value is -1.59. The van der Waals surface area contributed by atoms with Gasteiger partial charge in [-0.15, -0.1) is 0 Å². The topological polar surface area (TPSA) is 92.7 Å². The summed E-state index contributed by atoms with van der Waals surface area (Å²) in [5.74, 6) is -3.65. The number of carboxylic acid groups (broad SMARTS) is 1. The molecule has 6 heteroatoms. The van der Waals surface area contributed by atoms with Crippen molar-refractivity contribution in [1.29, 1.82) is 0 Å². The molecule has 1 aliphatic carbocycles. The van der Waals surface area contributed by atoms with E-state index < -0.39 is 29.1 Å². The summed E-state index contributed by atoms with van der Waals surface area (Å²) in [6.07, 6.45) is 24.7. The zero-order valence-electron chi connectivity index (χ0n) is 26.6. The summed E-state index contributed by atoms with van der Waals surface area (Å²) < 4.78 is 5.18. The number of hydrogen-bond acceptors (Lipinski definition) is 4. The minimum Gasteiger partial charge on any atom is -0.481 e. The molecule has 1 fully saturated rings. The molecule has 6 nitrogen and oxygen atoms in total. The number of amides is 1. The molecule has 2 N–H and O–H groups in total. The van der Waals surface area contributed by atoms with Gasteiger partial charge in [0.05, 0.1) is 18.9 Å². The van der Waals surface area contributed by atoms with Gasteiger partial charge >= 0.3 is 11.9 Å². The van der Waals surface area contributed by atoms with Crippen LogP contribution in [0.2, 0.25) is 0 Å². The molecule has 0 aromatic carbocycles. The molecule has 0 aromatic rings. The maximum absolute atomic E-state index is 13.2. The molecule has 1 aliphatic rings. The highest BCUT2D eigenvalue weighted by Crippen LogP contribution is 2.50. The van der Waals surface area contributed by atoms with E-state index in [1.54, 1.807) is 6.92 Å². The second-order valence-corrected chi connectivity index (χ2v) is 12.5. The van der Waals surface area contributed by atoms with Gasteiger partial charge in [0.15, 0.2) is 0 Å². The summed E-state index contributed by atoms with van der Waals surface area (Å²) in [5, 5.41) is 13.4. The van der Waals surface area contributed by atoms with Crippen molar-refractivity contribution in [2.24, 2.45) is 23.2 Å². The van der Waals surface area contributed by atoms with Gasteiger partial charge in [0.25, 0.3) is 0 Å². The normalized spacial score (nSPS) is 21.4. The molecule has 0 radical (unpaired) electrons. The zero-order chi connectivity index (χ0) is 29.6. The fraction of sp³-hybridized carbons (Fsp3) is 0.912. The average molecular weight is 566 g/mol. The van der Waals surface area contributed by atoms with E-state index >= 15 is 0 Å². The van der Waals surface area contributed by atoms with Crippen molar-refractivity contribution in [3.8, 4) is 0 Å². The smallest absolute Gasteiger partial charge is 0.309 e. The first-order valence-corrected chi connectivity index (χ1v) is 16.9. The Morgan fingerprint density at radius 3 is 1.80 bits per heavy atom. The van der Waals surface area contributed by atoms with Crippen LogP contribution in [0.3, 0.4) is 0 Å². The van der Waals surface area contributed by atoms with Gasteiger partial charge in [-0.2, -0.15) is 0 Å². The first kappa shape index (κ1) is 36.4.